The smallest absolute Gasteiger partial charge is 0.150 e. The van der Waals surface area contributed by atoms with Crippen LogP contribution in [0.4, 0.5) is 0 Å². The number of aliphatic hydroxyl groups excluding tert-OH is 1. The van der Waals surface area contributed by atoms with Gasteiger partial charge in [0.25, 0.3) is 0 Å². The lowest BCUT2D eigenvalue weighted by molar-refractivity contribution is 0.202. The average Bonchev–Trinajstić information content (AvgIpc) is 2.11. The molecule has 0 aliphatic rings. The van der Waals surface area contributed by atoms with Crippen molar-refractivity contribution in [2.75, 3.05) is 18.1 Å². The molecule has 0 aliphatic heterocycles. The highest BCUT2D eigenvalue weighted by atomic mass is 32.2. The summed E-state index contributed by atoms with van der Waals surface area (Å²) in [5.41, 5.74) is 0. The maximum atomic E-state index is 11.5. The molecule has 0 saturated carbocycles. The van der Waals surface area contributed by atoms with E-state index in [1.807, 2.05) is 6.92 Å². The number of sulfone groups is 1. The Morgan fingerprint density at radius 2 is 1.80 bits per heavy atom. The molecule has 0 saturated heterocycles. The zero-order valence-corrected chi connectivity index (χ0v) is 10.9. The standard InChI is InChI=1S/C11H24O3S/c1-4-6-15(13,14)7-5-11(9-12)8-10(2)3/h10-12H,4-9H2,1-3H3. The van der Waals surface area contributed by atoms with Crippen molar-refractivity contribution in [2.45, 2.75) is 40.0 Å². The van der Waals surface area contributed by atoms with E-state index in [4.69, 9.17) is 5.11 Å². The third kappa shape index (κ3) is 7.79. The zero-order valence-electron chi connectivity index (χ0n) is 10.1. The van der Waals surface area contributed by atoms with Crippen LogP contribution in [0.25, 0.3) is 0 Å². The summed E-state index contributed by atoms with van der Waals surface area (Å²) in [6.07, 6.45) is 2.17. The Hall–Kier alpha value is -0.0900. The lowest BCUT2D eigenvalue weighted by atomic mass is 9.96. The molecule has 0 spiro atoms. The highest BCUT2D eigenvalue weighted by Crippen LogP contribution is 2.16. The summed E-state index contributed by atoms with van der Waals surface area (Å²) >= 11 is 0. The van der Waals surface area contributed by atoms with Gasteiger partial charge in [0.2, 0.25) is 0 Å². The first-order valence-electron chi connectivity index (χ1n) is 5.72. The van der Waals surface area contributed by atoms with Crippen molar-refractivity contribution in [3.8, 4) is 0 Å². The van der Waals surface area contributed by atoms with Gasteiger partial charge in [0, 0.05) is 12.4 Å². The molecule has 0 bridgehead atoms. The largest absolute Gasteiger partial charge is 0.396 e. The van der Waals surface area contributed by atoms with Crippen LogP contribution in [0.3, 0.4) is 0 Å². The van der Waals surface area contributed by atoms with Gasteiger partial charge in [-0.1, -0.05) is 20.8 Å². The Balaban J connectivity index is 4.00. The van der Waals surface area contributed by atoms with Gasteiger partial charge in [0.05, 0.1) is 5.75 Å². The molecule has 0 aromatic rings. The molecule has 0 amide bonds. The Kier molecular flexibility index (Phi) is 7.18. The predicted molar refractivity (Wildman–Crippen MR) is 63.6 cm³/mol. The van der Waals surface area contributed by atoms with E-state index in [-0.39, 0.29) is 24.0 Å². The third-order valence-corrected chi connectivity index (χ3v) is 4.30. The van der Waals surface area contributed by atoms with Gasteiger partial charge in [-0.3, -0.25) is 0 Å². The van der Waals surface area contributed by atoms with Gasteiger partial charge in [-0.05, 0) is 31.1 Å². The minimum Gasteiger partial charge on any atom is -0.396 e. The molecule has 4 heteroatoms. The second kappa shape index (κ2) is 7.23. The Bertz CT molecular complexity index is 245. The van der Waals surface area contributed by atoms with E-state index in [0.717, 1.165) is 6.42 Å². The van der Waals surface area contributed by atoms with E-state index in [1.165, 1.54) is 0 Å². The van der Waals surface area contributed by atoms with Crippen molar-refractivity contribution in [2.24, 2.45) is 11.8 Å². The first kappa shape index (κ1) is 14.9. The van der Waals surface area contributed by atoms with Crippen molar-refractivity contribution in [3.05, 3.63) is 0 Å². The molecular formula is C11H24O3S. The second-order valence-corrected chi connectivity index (χ2v) is 6.92. The number of aliphatic hydroxyl groups is 1. The molecule has 0 aromatic carbocycles. The fraction of sp³-hybridized carbons (Fsp3) is 1.00. The highest BCUT2D eigenvalue weighted by molar-refractivity contribution is 7.91. The Morgan fingerprint density at radius 1 is 1.20 bits per heavy atom. The third-order valence-electron chi connectivity index (χ3n) is 2.42. The molecule has 0 fully saturated rings. The van der Waals surface area contributed by atoms with Crippen molar-refractivity contribution >= 4 is 9.84 Å². The summed E-state index contributed by atoms with van der Waals surface area (Å²) < 4.78 is 22.9. The maximum Gasteiger partial charge on any atom is 0.150 e. The molecule has 92 valence electrons. The van der Waals surface area contributed by atoms with E-state index in [1.54, 1.807) is 0 Å². The molecular weight excluding hydrogens is 212 g/mol. The Labute approximate surface area is 93.8 Å². The molecule has 15 heavy (non-hydrogen) atoms. The van der Waals surface area contributed by atoms with Gasteiger partial charge in [-0.15, -0.1) is 0 Å². The summed E-state index contributed by atoms with van der Waals surface area (Å²) in [6.45, 7) is 6.14. The number of rotatable bonds is 8. The number of hydrogen-bond acceptors (Lipinski definition) is 3. The molecule has 3 nitrogen and oxygen atoms in total. The quantitative estimate of drug-likeness (QED) is 0.700. The predicted octanol–water partition coefficient (Wildman–Crippen LogP) is 1.86. The summed E-state index contributed by atoms with van der Waals surface area (Å²) in [4.78, 5) is 0. The summed E-state index contributed by atoms with van der Waals surface area (Å²) in [7, 11) is -2.88. The van der Waals surface area contributed by atoms with Crippen molar-refractivity contribution in [3.63, 3.8) is 0 Å². The van der Waals surface area contributed by atoms with E-state index in [2.05, 4.69) is 13.8 Å². The maximum absolute atomic E-state index is 11.5. The normalized spacial score (nSPS) is 14.5. The second-order valence-electron chi connectivity index (χ2n) is 4.62. The van der Waals surface area contributed by atoms with E-state index >= 15 is 0 Å². The summed E-state index contributed by atoms with van der Waals surface area (Å²) in [5.74, 6) is 1.14. The summed E-state index contributed by atoms with van der Waals surface area (Å²) in [6, 6.07) is 0. The minimum absolute atomic E-state index is 0.0970. The average molecular weight is 236 g/mol. The van der Waals surface area contributed by atoms with E-state index in [9.17, 15) is 8.42 Å². The first-order valence-corrected chi connectivity index (χ1v) is 7.54. The zero-order chi connectivity index (χ0) is 11.9. The lowest BCUT2D eigenvalue weighted by Gasteiger charge is -2.16. The van der Waals surface area contributed by atoms with Crippen LogP contribution in [0, 0.1) is 11.8 Å². The van der Waals surface area contributed by atoms with Gasteiger partial charge >= 0.3 is 0 Å². The molecule has 0 aliphatic carbocycles. The SMILES string of the molecule is CCCS(=O)(=O)CCC(CO)CC(C)C. The van der Waals surface area contributed by atoms with Gasteiger partial charge in [-0.25, -0.2) is 8.42 Å². The summed E-state index contributed by atoms with van der Waals surface area (Å²) in [5, 5.41) is 9.11. The molecule has 0 aromatic heterocycles. The van der Waals surface area contributed by atoms with Crippen LogP contribution >= 0.6 is 0 Å². The molecule has 0 rings (SSSR count). The molecule has 1 unspecified atom stereocenters. The van der Waals surface area contributed by atoms with Crippen LogP contribution in [0.2, 0.25) is 0 Å². The number of hydrogen-bond donors (Lipinski definition) is 1. The molecule has 1 N–H and O–H groups in total. The van der Waals surface area contributed by atoms with E-state index in [0.29, 0.717) is 18.8 Å². The minimum atomic E-state index is -2.88. The molecule has 1 atom stereocenters. The van der Waals surface area contributed by atoms with Gasteiger partial charge in [0.1, 0.15) is 9.84 Å². The van der Waals surface area contributed by atoms with Crippen LogP contribution in [0.5, 0.6) is 0 Å². The van der Waals surface area contributed by atoms with Crippen LogP contribution in [-0.2, 0) is 9.84 Å². The van der Waals surface area contributed by atoms with Gasteiger partial charge in [0.15, 0.2) is 0 Å². The topological polar surface area (TPSA) is 54.4 Å². The Morgan fingerprint density at radius 3 is 2.20 bits per heavy atom. The van der Waals surface area contributed by atoms with Crippen molar-refractivity contribution in [1.82, 2.24) is 0 Å². The molecule has 0 heterocycles. The van der Waals surface area contributed by atoms with Gasteiger partial charge in [-0.2, -0.15) is 0 Å². The lowest BCUT2D eigenvalue weighted by Crippen LogP contribution is -2.17. The highest BCUT2D eigenvalue weighted by Gasteiger charge is 2.15. The van der Waals surface area contributed by atoms with Crippen molar-refractivity contribution in [1.29, 1.82) is 0 Å². The first-order chi connectivity index (χ1) is 6.91. The van der Waals surface area contributed by atoms with Gasteiger partial charge < -0.3 is 5.11 Å². The van der Waals surface area contributed by atoms with Crippen LogP contribution in [0.1, 0.15) is 40.0 Å². The van der Waals surface area contributed by atoms with Crippen LogP contribution in [-0.4, -0.2) is 31.6 Å². The van der Waals surface area contributed by atoms with Crippen molar-refractivity contribution < 1.29 is 13.5 Å². The molecule has 0 radical (unpaired) electrons. The fourth-order valence-corrected chi connectivity index (χ4v) is 3.23. The van der Waals surface area contributed by atoms with Crippen LogP contribution < -0.4 is 0 Å². The monoisotopic (exact) mass is 236 g/mol. The van der Waals surface area contributed by atoms with E-state index < -0.39 is 9.84 Å². The van der Waals surface area contributed by atoms with Crippen LogP contribution in [0.15, 0.2) is 0 Å². The fourth-order valence-electron chi connectivity index (χ4n) is 1.71.